The van der Waals surface area contributed by atoms with E-state index in [9.17, 15) is 21.6 Å². The molecule has 0 aromatic heterocycles. The van der Waals surface area contributed by atoms with E-state index in [1.807, 2.05) is 0 Å². The third kappa shape index (κ3) is 6.43. The quantitative estimate of drug-likeness (QED) is 0.459. The minimum atomic E-state index is -3.56. The SMILES string of the molecule is CN(C)S(=O)(=O)N1CCC[C@H](C(=O)NCCOc2ccc(S(=O)(=O)N3CCOCC3)cc2)C1. The number of nitrogens with zero attached hydrogens (tertiary/aromatic N) is 3. The van der Waals surface area contributed by atoms with Crippen molar-refractivity contribution in [3.05, 3.63) is 24.3 Å². The summed E-state index contributed by atoms with van der Waals surface area (Å²) in [4.78, 5) is 12.7. The number of carbonyl (C=O) groups excluding carboxylic acids is 1. The fraction of sp³-hybridized carbons (Fsp3) is 0.650. The van der Waals surface area contributed by atoms with Gasteiger partial charge >= 0.3 is 0 Å². The van der Waals surface area contributed by atoms with E-state index in [2.05, 4.69) is 5.32 Å². The fourth-order valence-electron chi connectivity index (χ4n) is 3.73. The fourth-order valence-corrected chi connectivity index (χ4v) is 6.33. The van der Waals surface area contributed by atoms with Crippen LogP contribution >= 0.6 is 0 Å². The molecule has 2 fully saturated rings. The molecule has 1 aromatic carbocycles. The van der Waals surface area contributed by atoms with Gasteiger partial charge in [0.2, 0.25) is 15.9 Å². The van der Waals surface area contributed by atoms with Crippen molar-refractivity contribution in [2.24, 2.45) is 5.92 Å². The number of benzene rings is 1. The first kappa shape index (κ1) is 25.8. The molecule has 2 heterocycles. The zero-order valence-electron chi connectivity index (χ0n) is 19.0. The molecule has 1 N–H and O–H groups in total. The predicted molar refractivity (Wildman–Crippen MR) is 121 cm³/mol. The maximum atomic E-state index is 12.6. The monoisotopic (exact) mass is 504 g/mol. The summed E-state index contributed by atoms with van der Waals surface area (Å²) < 4.78 is 64.6. The second-order valence-corrected chi connectivity index (χ2v) is 12.2. The van der Waals surface area contributed by atoms with Crippen LogP contribution in [-0.2, 0) is 29.8 Å². The summed E-state index contributed by atoms with van der Waals surface area (Å²) in [7, 11) is -4.15. The number of piperidine rings is 1. The van der Waals surface area contributed by atoms with Crippen molar-refractivity contribution in [1.82, 2.24) is 18.2 Å². The van der Waals surface area contributed by atoms with Gasteiger partial charge < -0.3 is 14.8 Å². The zero-order chi connectivity index (χ0) is 24.1. The number of rotatable bonds is 9. The Morgan fingerprint density at radius 2 is 1.76 bits per heavy atom. The summed E-state index contributed by atoms with van der Waals surface area (Å²) in [6.45, 7) is 2.46. The molecule has 33 heavy (non-hydrogen) atoms. The second kappa shape index (κ2) is 11.1. The molecule has 1 amide bonds. The van der Waals surface area contributed by atoms with E-state index in [0.717, 1.165) is 4.31 Å². The number of amides is 1. The van der Waals surface area contributed by atoms with Crippen molar-refractivity contribution >= 4 is 26.1 Å². The van der Waals surface area contributed by atoms with Gasteiger partial charge in [-0.05, 0) is 37.1 Å². The summed E-state index contributed by atoms with van der Waals surface area (Å²) in [5, 5.41) is 2.79. The smallest absolute Gasteiger partial charge is 0.281 e. The molecule has 0 spiro atoms. The molecule has 0 unspecified atom stereocenters. The van der Waals surface area contributed by atoms with Crippen LogP contribution in [0.1, 0.15) is 12.8 Å². The molecule has 0 radical (unpaired) electrons. The van der Waals surface area contributed by atoms with Crippen molar-refractivity contribution in [1.29, 1.82) is 0 Å². The van der Waals surface area contributed by atoms with Crippen molar-refractivity contribution in [3.63, 3.8) is 0 Å². The minimum absolute atomic E-state index is 0.159. The number of hydrogen-bond acceptors (Lipinski definition) is 7. The third-order valence-corrected chi connectivity index (χ3v) is 9.46. The molecule has 1 atom stereocenters. The summed E-state index contributed by atoms with van der Waals surface area (Å²) in [5.74, 6) is -0.117. The van der Waals surface area contributed by atoms with Crippen LogP contribution in [0, 0.1) is 5.92 Å². The summed E-state index contributed by atoms with van der Waals surface area (Å²) >= 11 is 0. The van der Waals surface area contributed by atoms with Gasteiger partial charge in [-0.15, -0.1) is 0 Å². The van der Waals surface area contributed by atoms with Crippen LogP contribution in [0.4, 0.5) is 0 Å². The van der Waals surface area contributed by atoms with Crippen LogP contribution in [0.25, 0.3) is 0 Å². The van der Waals surface area contributed by atoms with E-state index in [0.29, 0.717) is 51.4 Å². The van der Waals surface area contributed by atoms with E-state index in [1.54, 1.807) is 12.1 Å². The van der Waals surface area contributed by atoms with E-state index in [-0.39, 0.29) is 30.5 Å². The largest absolute Gasteiger partial charge is 0.492 e. The van der Waals surface area contributed by atoms with Gasteiger partial charge in [0, 0.05) is 40.3 Å². The molecule has 0 aliphatic carbocycles. The van der Waals surface area contributed by atoms with Gasteiger partial charge in [0.1, 0.15) is 12.4 Å². The van der Waals surface area contributed by atoms with Gasteiger partial charge in [-0.25, -0.2) is 8.42 Å². The van der Waals surface area contributed by atoms with Crippen LogP contribution in [0.3, 0.4) is 0 Å². The maximum Gasteiger partial charge on any atom is 0.281 e. The highest BCUT2D eigenvalue weighted by atomic mass is 32.2. The lowest BCUT2D eigenvalue weighted by molar-refractivity contribution is -0.126. The lowest BCUT2D eigenvalue weighted by Crippen LogP contribution is -2.49. The van der Waals surface area contributed by atoms with Gasteiger partial charge in [-0.3, -0.25) is 4.79 Å². The van der Waals surface area contributed by atoms with E-state index >= 15 is 0 Å². The van der Waals surface area contributed by atoms with E-state index in [4.69, 9.17) is 9.47 Å². The van der Waals surface area contributed by atoms with E-state index in [1.165, 1.54) is 34.8 Å². The first-order valence-electron chi connectivity index (χ1n) is 10.9. The Morgan fingerprint density at radius 3 is 2.39 bits per heavy atom. The third-order valence-electron chi connectivity index (χ3n) is 5.64. The highest BCUT2D eigenvalue weighted by molar-refractivity contribution is 7.89. The van der Waals surface area contributed by atoms with Gasteiger partial charge in [-0.1, -0.05) is 0 Å². The van der Waals surface area contributed by atoms with Crippen molar-refractivity contribution in [3.8, 4) is 5.75 Å². The molecule has 2 saturated heterocycles. The topological polar surface area (TPSA) is 126 Å². The molecule has 2 aliphatic rings. The molecule has 13 heteroatoms. The zero-order valence-corrected chi connectivity index (χ0v) is 20.6. The van der Waals surface area contributed by atoms with Crippen molar-refractivity contribution in [2.75, 3.05) is 66.6 Å². The second-order valence-electron chi connectivity index (χ2n) is 8.11. The van der Waals surface area contributed by atoms with Crippen LogP contribution in [-0.4, -0.2) is 102 Å². The van der Waals surface area contributed by atoms with Gasteiger partial charge in [-0.2, -0.15) is 21.3 Å². The van der Waals surface area contributed by atoms with Gasteiger partial charge in [0.25, 0.3) is 10.2 Å². The number of hydrogen-bond donors (Lipinski definition) is 1. The Kier molecular flexibility index (Phi) is 8.70. The lowest BCUT2D eigenvalue weighted by Gasteiger charge is -2.32. The van der Waals surface area contributed by atoms with Crippen LogP contribution in [0.5, 0.6) is 5.75 Å². The molecule has 1 aromatic rings. The summed E-state index contributed by atoms with van der Waals surface area (Å²) in [6, 6.07) is 6.17. The Balaban J connectivity index is 1.44. The number of ether oxygens (including phenoxy) is 2. The molecule has 2 aliphatic heterocycles. The molecular weight excluding hydrogens is 472 g/mol. The van der Waals surface area contributed by atoms with Crippen LogP contribution < -0.4 is 10.1 Å². The lowest BCUT2D eigenvalue weighted by atomic mass is 9.99. The average molecular weight is 505 g/mol. The van der Waals surface area contributed by atoms with Crippen LogP contribution in [0.15, 0.2) is 29.2 Å². The minimum Gasteiger partial charge on any atom is -0.492 e. The summed E-state index contributed by atoms with van der Waals surface area (Å²) in [5.41, 5.74) is 0. The first-order chi connectivity index (χ1) is 15.6. The van der Waals surface area contributed by atoms with Gasteiger partial charge in [0.15, 0.2) is 0 Å². The molecule has 0 saturated carbocycles. The van der Waals surface area contributed by atoms with Gasteiger partial charge in [0.05, 0.1) is 30.6 Å². The molecule has 186 valence electrons. The van der Waals surface area contributed by atoms with E-state index < -0.39 is 26.2 Å². The molecule has 11 nitrogen and oxygen atoms in total. The van der Waals surface area contributed by atoms with Crippen molar-refractivity contribution in [2.45, 2.75) is 17.7 Å². The Labute approximate surface area is 195 Å². The Morgan fingerprint density at radius 1 is 1.09 bits per heavy atom. The standard InChI is InChI=1S/C20H32N4O7S2/c1-22(2)33(28,29)24-10-3-4-17(16-24)20(25)21-9-13-31-18-5-7-19(8-6-18)32(26,27)23-11-14-30-15-12-23/h5-8,17H,3-4,9-16H2,1-2H3,(H,21,25)/t17-/m0/s1. The predicted octanol–water partition coefficient (Wildman–Crippen LogP) is -0.279. The highest BCUT2D eigenvalue weighted by Gasteiger charge is 2.33. The average Bonchev–Trinajstić information content (AvgIpc) is 2.82. The highest BCUT2D eigenvalue weighted by Crippen LogP contribution is 2.21. The Hall–Kier alpha value is -1.77. The molecule has 3 rings (SSSR count). The number of morpholine rings is 1. The maximum absolute atomic E-state index is 12.6. The van der Waals surface area contributed by atoms with Crippen molar-refractivity contribution < 1.29 is 31.1 Å². The molecule has 0 bridgehead atoms. The first-order valence-corrected chi connectivity index (χ1v) is 13.7. The normalized spacial score (nSPS) is 21.1. The summed E-state index contributed by atoms with van der Waals surface area (Å²) in [6.07, 6.45) is 1.26. The number of carbonyl (C=O) groups is 1. The number of sulfonamides is 1. The van der Waals surface area contributed by atoms with Crippen LogP contribution in [0.2, 0.25) is 0 Å². The number of nitrogens with one attached hydrogen (secondary N) is 1. The Bertz CT molecular complexity index is 1010. The molecular formula is C20H32N4O7S2.